The van der Waals surface area contributed by atoms with Gasteiger partial charge in [-0.05, 0) is 29.8 Å². The van der Waals surface area contributed by atoms with E-state index in [1.807, 2.05) is 0 Å². The molecule has 2 aromatic carbocycles. The highest BCUT2D eigenvalue weighted by Crippen LogP contribution is 2.28. The Morgan fingerprint density at radius 3 is 2.83 bits per heavy atom. The van der Waals surface area contributed by atoms with Crippen LogP contribution in [0, 0.1) is 17.4 Å². The van der Waals surface area contributed by atoms with Crippen LogP contribution in [0.25, 0.3) is 0 Å². The minimum Gasteiger partial charge on any atom is -0.445 e. The van der Waals surface area contributed by atoms with Crippen molar-refractivity contribution in [3.8, 4) is 11.9 Å². The van der Waals surface area contributed by atoms with E-state index in [0.717, 1.165) is 0 Å². The molecule has 2 N–H and O–H groups in total. The molecule has 0 saturated carbocycles. The van der Waals surface area contributed by atoms with Crippen molar-refractivity contribution in [2.45, 2.75) is 6.61 Å². The molecule has 0 saturated heterocycles. The van der Waals surface area contributed by atoms with Crippen molar-refractivity contribution in [3.63, 3.8) is 0 Å². The summed E-state index contributed by atoms with van der Waals surface area (Å²) < 4.78 is 34.5. The summed E-state index contributed by atoms with van der Waals surface area (Å²) in [5, 5.41) is 21.1. The lowest BCUT2D eigenvalue weighted by Crippen LogP contribution is -2.38. The molecule has 1 aliphatic heterocycles. The number of nitrogens with one attached hydrogen (secondary N) is 2. The first-order valence-corrected chi connectivity index (χ1v) is 11.2. The number of ether oxygens (including phenoxy) is 2. The van der Waals surface area contributed by atoms with E-state index in [0.29, 0.717) is 21.3 Å². The van der Waals surface area contributed by atoms with Gasteiger partial charge in [0, 0.05) is 18.5 Å². The lowest BCUT2D eigenvalue weighted by atomic mass is 9.97. The van der Waals surface area contributed by atoms with Gasteiger partial charge in [-0.1, -0.05) is 48.0 Å². The summed E-state index contributed by atoms with van der Waals surface area (Å²) in [5.41, 5.74) is 1.42. The van der Waals surface area contributed by atoms with Crippen LogP contribution in [0.5, 0.6) is 5.75 Å². The smallest absolute Gasteiger partial charge is 0.407 e. The summed E-state index contributed by atoms with van der Waals surface area (Å²) in [6.45, 7) is 0.894. The topological polar surface area (TPSA) is 111 Å². The first-order valence-electron chi connectivity index (χ1n) is 10.4. The van der Waals surface area contributed by atoms with Crippen LogP contribution in [0.4, 0.5) is 19.3 Å². The summed E-state index contributed by atoms with van der Waals surface area (Å²) in [4.78, 5) is 16.3. The Kier molecular flexibility index (Phi) is 9.44. The zero-order chi connectivity index (χ0) is 26.1. The molecule has 3 rings (SSSR count). The second-order valence-electron chi connectivity index (χ2n) is 7.21. The Morgan fingerprint density at radius 2 is 2.14 bits per heavy atom. The van der Waals surface area contributed by atoms with Gasteiger partial charge in [-0.2, -0.15) is 19.1 Å². The molecule has 0 spiro atoms. The molecular formula is C23H20Cl2F2N6O3. The Bertz CT molecular complexity index is 1220. The van der Waals surface area contributed by atoms with Gasteiger partial charge in [-0.25, -0.2) is 14.8 Å². The predicted molar refractivity (Wildman–Crippen MR) is 132 cm³/mol. The van der Waals surface area contributed by atoms with Gasteiger partial charge in [0.2, 0.25) is 5.96 Å². The minimum absolute atomic E-state index is 0.0287. The molecule has 188 valence electrons. The quantitative estimate of drug-likeness (QED) is 0.163. The molecule has 13 heteroatoms. The number of hydrogen-bond donors (Lipinski definition) is 2. The maximum absolute atomic E-state index is 12.6. The number of rotatable bonds is 8. The highest BCUT2D eigenvalue weighted by atomic mass is 35.5. The van der Waals surface area contributed by atoms with Gasteiger partial charge in [0.1, 0.15) is 12.4 Å². The van der Waals surface area contributed by atoms with Crippen molar-refractivity contribution < 1.29 is 23.0 Å². The van der Waals surface area contributed by atoms with Crippen LogP contribution in [0.1, 0.15) is 5.56 Å². The normalized spacial score (nSPS) is 15.2. The SMILES string of the molecule is C=CCOC(=O)NCC1CN(C(=Nc2cccc(OC(F)F)c2)NC#N)N=C1c1ccc(Cl)c(Cl)c1. The molecule has 1 aliphatic rings. The first kappa shape index (κ1) is 26.7. The number of guanidine groups is 1. The van der Waals surface area contributed by atoms with Gasteiger partial charge >= 0.3 is 12.7 Å². The number of halogens is 4. The van der Waals surface area contributed by atoms with Crippen molar-refractivity contribution in [1.82, 2.24) is 15.6 Å². The van der Waals surface area contributed by atoms with E-state index < -0.39 is 12.7 Å². The number of amides is 1. The zero-order valence-corrected chi connectivity index (χ0v) is 20.1. The van der Waals surface area contributed by atoms with Crippen LogP contribution in [-0.4, -0.2) is 49.1 Å². The van der Waals surface area contributed by atoms with Crippen LogP contribution in [0.3, 0.4) is 0 Å². The van der Waals surface area contributed by atoms with Gasteiger partial charge < -0.3 is 14.8 Å². The fourth-order valence-electron chi connectivity index (χ4n) is 3.24. The summed E-state index contributed by atoms with van der Waals surface area (Å²) in [5.74, 6) is -0.428. The van der Waals surface area contributed by atoms with E-state index in [1.54, 1.807) is 30.5 Å². The van der Waals surface area contributed by atoms with E-state index >= 15 is 0 Å². The first-order chi connectivity index (χ1) is 17.3. The number of benzene rings is 2. The molecule has 0 bridgehead atoms. The number of nitrogens with zero attached hydrogens (tertiary/aromatic N) is 4. The number of alkyl carbamates (subject to hydrolysis) is 1. The summed E-state index contributed by atoms with van der Waals surface area (Å²) in [6.07, 6.45) is 2.59. The molecule has 0 aromatic heterocycles. The van der Waals surface area contributed by atoms with Crippen molar-refractivity contribution in [3.05, 3.63) is 70.7 Å². The molecule has 2 aromatic rings. The third-order valence-electron chi connectivity index (χ3n) is 4.74. The molecule has 0 aliphatic carbocycles. The predicted octanol–water partition coefficient (Wildman–Crippen LogP) is 4.90. The Labute approximate surface area is 215 Å². The number of hydrogen-bond acceptors (Lipinski definition) is 6. The summed E-state index contributed by atoms with van der Waals surface area (Å²) in [6, 6.07) is 10.6. The van der Waals surface area contributed by atoms with E-state index in [-0.39, 0.29) is 43.0 Å². The minimum atomic E-state index is -3.00. The summed E-state index contributed by atoms with van der Waals surface area (Å²) in [7, 11) is 0. The number of aliphatic imine (C=N–C) groups is 1. The molecule has 0 radical (unpaired) electrons. The second-order valence-corrected chi connectivity index (χ2v) is 8.02. The highest BCUT2D eigenvalue weighted by molar-refractivity contribution is 6.42. The fourth-order valence-corrected chi connectivity index (χ4v) is 3.53. The average Bonchev–Trinajstić information content (AvgIpc) is 3.27. The van der Waals surface area contributed by atoms with Gasteiger partial charge in [-0.3, -0.25) is 5.32 Å². The molecule has 0 fully saturated rings. The van der Waals surface area contributed by atoms with Crippen molar-refractivity contribution in [2.24, 2.45) is 16.0 Å². The average molecular weight is 537 g/mol. The molecule has 9 nitrogen and oxygen atoms in total. The molecule has 1 amide bonds. The number of nitriles is 1. The lowest BCUT2D eigenvalue weighted by molar-refractivity contribution is -0.0498. The van der Waals surface area contributed by atoms with E-state index in [2.05, 4.69) is 32.0 Å². The van der Waals surface area contributed by atoms with Gasteiger partial charge in [0.15, 0.2) is 6.19 Å². The number of carbonyl (C=O) groups is 1. The number of alkyl halides is 2. The number of hydrazone groups is 1. The van der Waals surface area contributed by atoms with Crippen LogP contribution in [0.2, 0.25) is 10.0 Å². The van der Waals surface area contributed by atoms with Crippen LogP contribution in [-0.2, 0) is 4.74 Å². The summed E-state index contributed by atoms with van der Waals surface area (Å²) >= 11 is 12.2. The monoisotopic (exact) mass is 536 g/mol. The molecule has 36 heavy (non-hydrogen) atoms. The molecular weight excluding hydrogens is 517 g/mol. The highest BCUT2D eigenvalue weighted by Gasteiger charge is 2.31. The van der Waals surface area contributed by atoms with Crippen LogP contribution < -0.4 is 15.4 Å². The van der Waals surface area contributed by atoms with E-state index in [1.165, 1.54) is 29.3 Å². The van der Waals surface area contributed by atoms with E-state index in [9.17, 15) is 18.8 Å². The third-order valence-corrected chi connectivity index (χ3v) is 5.48. The van der Waals surface area contributed by atoms with Gasteiger partial charge in [0.05, 0.1) is 28.0 Å². The van der Waals surface area contributed by atoms with Gasteiger partial charge in [0.25, 0.3) is 0 Å². The van der Waals surface area contributed by atoms with Crippen molar-refractivity contribution in [1.29, 1.82) is 5.26 Å². The Morgan fingerprint density at radius 1 is 1.33 bits per heavy atom. The molecule has 1 unspecified atom stereocenters. The van der Waals surface area contributed by atoms with Crippen molar-refractivity contribution in [2.75, 3.05) is 19.7 Å². The van der Waals surface area contributed by atoms with Gasteiger partial charge in [-0.15, -0.1) is 0 Å². The van der Waals surface area contributed by atoms with E-state index in [4.69, 9.17) is 27.9 Å². The zero-order valence-electron chi connectivity index (χ0n) is 18.6. The maximum atomic E-state index is 12.6. The number of carbonyl (C=O) groups excluding carboxylic acids is 1. The maximum Gasteiger partial charge on any atom is 0.407 e. The Balaban J connectivity index is 1.91. The van der Waals surface area contributed by atoms with Crippen LogP contribution in [0.15, 0.2) is 65.2 Å². The van der Waals surface area contributed by atoms with Crippen LogP contribution >= 0.6 is 23.2 Å². The standard InChI is InChI=1S/C23H20Cl2F2N6O3/c1-2-8-35-23(34)29-11-15-12-33(32-20(15)14-6-7-18(24)19(25)9-14)22(30-13-28)31-16-4-3-5-17(10-16)36-21(26)27/h2-7,9-10,15,21H,1,8,11-12H2,(H,29,34)(H,30,31). The molecule has 1 heterocycles. The Hall–Kier alpha value is -3.88. The fraction of sp³-hybridized carbons (Fsp3) is 0.217. The lowest BCUT2D eigenvalue weighted by Gasteiger charge is -2.17. The largest absolute Gasteiger partial charge is 0.445 e. The molecule has 1 atom stereocenters. The van der Waals surface area contributed by atoms with Crippen molar-refractivity contribution >= 4 is 46.7 Å². The second kappa shape index (κ2) is 12.7. The third kappa shape index (κ3) is 7.31.